The molecule has 2 heterocycles. The predicted octanol–water partition coefficient (Wildman–Crippen LogP) is 5.28. The summed E-state index contributed by atoms with van der Waals surface area (Å²) >= 11 is 6.08. The van der Waals surface area contributed by atoms with Crippen LogP contribution in [0.3, 0.4) is 0 Å². The molecular weight excluding hydrogens is 438 g/mol. The predicted molar refractivity (Wildman–Crippen MR) is 130 cm³/mol. The molecule has 3 aromatic carbocycles. The molecule has 5 rings (SSSR count). The summed E-state index contributed by atoms with van der Waals surface area (Å²) < 4.78 is 13.1. The van der Waals surface area contributed by atoms with Gasteiger partial charge in [0.25, 0.3) is 0 Å². The number of nitrogens with zero attached hydrogens (tertiary/aromatic N) is 3. The lowest BCUT2D eigenvalue weighted by atomic mass is 10.1. The van der Waals surface area contributed by atoms with Crippen LogP contribution >= 0.6 is 11.6 Å². The molecule has 0 aliphatic carbocycles. The van der Waals surface area contributed by atoms with Gasteiger partial charge in [0.15, 0.2) is 0 Å². The number of para-hydroxylation sites is 2. The van der Waals surface area contributed by atoms with Crippen LogP contribution in [0.5, 0.6) is 11.5 Å². The third-order valence-corrected chi connectivity index (χ3v) is 6.36. The van der Waals surface area contributed by atoms with Crippen LogP contribution in [0.15, 0.2) is 66.7 Å². The summed E-state index contributed by atoms with van der Waals surface area (Å²) in [7, 11) is 3.22. The average Bonchev–Trinajstić information content (AvgIpc) is 3.40. The smallest absolute Gasteiger partial charge is 0.227 e. The van der Waals surface area contributed by atoms with Gasteiger partial charge in [-0.25, -0.2) is 4.98 Å². The molecule has 1 saturated heterocycles. The first-order valence-electron chi connectivity index (χ1n) is 10.8. The van der Waals surface area contributed by atoms with E-state index in [0.717, 1.165) is 22.4 Å². The third-order valence-electron chi connectivity index (χ3n) is 6.11. The fraction of sp³-hybridized carbons (Fsp3) is 0.231. The molecule has 0 N–H and O–H groups in total. The number of hydrogen-bond donors (Lipinski definition) is 0. The topological polar surface area (TPSA) is 56.6 Å². The number of aromatic nitrogens is 2. The van der Waals surface area contributed by atoms with Crippen LogP contribution in [-0.4, -0.2) is 36.2 Å². The number of benzene rings is 3. The van der Waals surface area contributed by atoms with Gasteiger partial charge in [0.05, 0.1) is 30.9 Å². The summed E-state index contributed by atoms with van der Waals surface area (Å²) in [5.41, 5.74) is 3.81. The summed E-state index contributed by atoms with van der Waals surface area (Å²) in [5.74, 6) is 2.21. The first-order valence-corrected chi connectivity index (χ1v) is 11.2. The van der Waals surface area contributed by atoms with E-state index < -0.39 is 0 Å². The number of ether oxygens (including phenoxy) is 2. The van der Waals surface area contributed by atoms with Crippen LogP contribution in [-0.2, 0) is 11.3 Å². The number of carbonyl (C=O) groups excluding carboxylic acids is 1. The van der Waals surface area contributed by atoms with Gasteiger partial charge in [-0.05, 0) is 42.0 Å². The summed E-state index contributed by atoms with van der Waals surface area (Å²) in [5, 5.41) is 0.707. The number of anilines is 1. The van der Waals surface area contributed by atoms with Crippen LogP contribution in [0.1, 0.15) is 23.7 Å². The van der Waals surface area contributed by atoms with Gasteiger partial charge in [0, 0.05) is 36.5 Å². The minimum Gasteiger partial charge on any atom is -0.497 e. The largest absolute Gasteiger partial charge is 0.497 e. The fourth-order valence-corrected chi connectivity index (χ4v) is 4.59. The zero-order chi connectivity index (χ0) is 22.9. The molecule has 1 aromatic heterocycles. The Bertz CT molecular complexity index is 1320. The maximum absolute atomic E-state index is 13.1. The minimum atomic E-state index is -0.0480. The summed E-state index contributed by atoms with van der Waals surface area (Å²) in [4.78, 5) is 19.9. The number of carbonyl (C=O) groups is 1. The number of imidazole rings is 1. The molecule has 1 aliphatic heterocycles. The number of halogens is 1. The van der Waals surface area contributed by atoms with Crippen LogP contribution in [0.2, 0.25) is 5.02 Å². The number of rotatable bonds is 6. The highest BCUT2D eigenvalue weighted by Gasteiger charge is 2.36. The zero-order valence-electron chi connectivity index (χ0n) is 18.5. The van der Waals surface area contributed by atoms with E-state index in [-0.39, 0.29) is 11.8 Å². The molecule has 7 heteroatoms. The van der Waals surface area contributed by atoms with Gasteiger partial charge >= 0.3 is 0 Å². The summed E-state index contributed by atoms with van der Waals surface area (Å²) in [6, 6.07) is 21.4. The highest BCUT2D eigenvalue weighted by Crippen LogP contribution is 2.39. The maximum Gasteiger partial charge on any atom is 0.227 e. The molecule has 0 bridgehead atoms. The van der Waals surface area contributed by atoms with Crippen molar-refractivity contribution in [3.8, 4) is 11.5 Å². The lowest BCUT2D eigenvalue weighted by molar-refractivity contribution is -0.117. The summed E-state index contributed by atoms with van der Waals surface area (Å²) in [6.07, 6.45) is 0.379. The van der Waals surface area contributed by atoms with Crippen molar-refractivity contribution in [2.75, 3.05) is 25.7 Å². The van der Waals surface area contributed by atoms with Crippen LogP contribution in [0.25, 0.3) is 11.0 Å². The van der Waals surface area contributed by atoms with Crippen LogP contribution in [0, 0.1) is 0 Å². The Hall–Kier alpha value is -3.51. The summed E-state index contributed by atoms with van der Waals surface area (Å²) in [6.45, 7) is 1.17. The Morgan fingerprint density at radius 3 is 2.58 bits per heavy atom. The first-order chi connectivity index (χ1) is 16.1. The average molecular weight is 462 g/mol. The molecule has 1 atom stereocenters. The van der Waals surface area contributed by atoms with Crippen molar-refractivity contribution >= 4 is 34.2 Å². The van der Waals surface area contributed by atoms with E-state index in [4.69, 9.17) is 26.1 Å². The SMILES string of the molecule is COc1ccc(OC)c(N2C[C@H](c3nc4ccccc4n3Cc3ccc(Cl)cc3)CC2=O)c1. The quantitative estimate of drug-likeness (QED) is 0.392. The van der Waals surface area contributed by atoms with Gasteiger partial charge < -0.3 is 18.9 Å². The van der Waals surface area contributed by atoms with Crippen LogP contribution in [0.4, 0.5) is 5.69 Å². The van der Waals surface area contributed by atoms with Gasteiger partial charge in [-0.15, -0.1) is 0 Å². The number of hydrogen-bond acceptors (Lipinski definition) is 4. The minimum absolute atomic E-state index is 0.0386. The van der Waals surface area contributed by atoms with Crippen molar-refractivity contribution in [2.45, 2.75) is 18.9 Å². The number of fused-ring (bicyclic) bond motifs is 1. The Morgan fingerprint density at radius 2 is 1.82 bits per heavy atom. The number of amides is 1. The molecule has 0 saturated carbocycles. The highest BCUT2D eigenvalue weighted by atomic mass is 35.5. The monoisotopic (exact) mass is 461 g/mol. The number of methoxy groups -OCH3 is 2. The molecule has 6 nitrogen and oxygen atoms in total. The van der Waals surface area contributed by atoms with Crippen molar-refractivity contribution in [1.82, 2.24) is 9.55 Å². The van der Waals surface area contributed by atoms with Crippen molar-refractivity contribution in [3.05, 3.63) is 83.1 Å². The molecule has 0 radical (unpaired) electrons. The van der Waals surface area contributed by atoms with Gasteiger partial charge in [-0.1, -0.05) is 35.9 Å². The first kappa shape index (κ1) is 21.3. The zero-order valence-corrected chi connectivity index (χ0v) is 19.2. The van der Waals surface area contributed by atoms with Crippen molar-refractivity contribution in [3.63, 3.8) is 0 Å². The van der Waals surface area contributed by atoms with Crippen molar-refractivity contribution in [2.24, 2.45) is 0 Å². The lowest BCUT2D eigenvalue weighted by Crippen LogP contribution is -2.25. The van der Waals surface area contributed by atoms with Crippen LogP contribution < -0.4 is 14.4 Å². The van der Waals surface area contributed by atoms with Gasteiger partial charge in [0.1, 0.15) is 17.3 Å². The molecule has 33 heavy (non-hydrogen) atoms. The lowest BCUT2D eigenvalue weighted by Gasteiger charge is -2.20. The van der Waals surface area contributed by atoms with E-state index in [0.29, 0.717) is 41.7 Å². The molecule has 4 aromatic rings. The molecule has 0 unspecified atom stereocenters. The molecule has 168 valence electrons. The van der Waals surface area contributed by atoms with Gasteiger partial charge in [0.2, 0.25) is 5.91 Å². The van der Waals surface area contributed by atoms with Gasteiger partial charge in [-0.2, -0.15) is 0 Å². The normalized spacial score (nSPS) is 15.9. The van der Waals surface area contributed by atoms with E-state index in [1.807, 2.05) is 60.7 Å². The second-order valence-corrected chi connectivity index (χ2v) is 8.55. The second kappa shape index (κ2) is 8.79. The van der Waals surface area contributed by atoms with E-state index in [1.54, 1.807) is 19.1 Å². The molecule has 1 amide bonds. The van der Waals surface area contributed by atoms with E-state index in [9.17, 15) is 4.79 Å². The molecular formula is C26H24ClN3O3. The second-order valence-electron chi connectivity index (χ2n) is 8.11. The molecule has 0 spiro atoms. The Kier molecular flexibility index (Phi) is 5.68. The maximum atomic E-state index is 13.1. The standard InChI is InChI=1S/C26H24ClN3O3/c1-32-20-11-12-24(33-2)23(14-20)29-16-18(13-25(29)31)26-28-21-5-3-4-6-22(21)30(26)15-17-7-9-19(27)10-8-17/h3-12,14,18H,13,15-16H2,1-2H3/t18-/m1/s1. The van der Waals surface area contributed by atoms with Crippen molar-refractivity contribution in [1.29, 1.82) is 0 Å². The third kappa shape index (κ3) is 4.02. The molecule has 1 fully saturated rings. The van der Waals surface area contributed by atoms with E-state index in [1.165, 1.54) is 0 Å². The molecule has 1 aliphatic rings. The van der Waals surface area contributed by atoms with E-state index >= 15 is 0 Å². The Balaban J connectivity index is 1.52. The van der Waals surface area contributed by atoms with Crippen molar-refractivity contribution < 1.29 is 14.3 Å². The Labute approximate surface area is 197 Å². The highest BCUT2D eigenvalue weighted by molar-refractivity contribution is 6.30. The fourth-order valence-electron chi connectivity index (χ4n) is 4.47. The van der Waals surface area contributed by atoms with Gasteiger partial charge in [-0.3, -0.25) is 4.79 Å². The Morgan fingerprint density at radius 1 is 1.03 bits per heavy atom. The van der Waals surface area contributed by atoms with E-state index in [2.05, 4.69) is 10.6 Å².